The molecular weight excluding hydrogens is 428 g/mol. The number of fused-ring (bicyclic) bond motifs is 1. The molecule has 0 aliphatic rings. The fourth-order valence-electron chi connectivity index (χ4n) is 4.00. The molecule has 0 radical (unpaired) electrons. The summed E-state index contributed by atoms with van der Waals surface area (Å²) in [6.45, 7) is 4.03. The molecule has 3 aromatic rings. The van der Waals surface area contributed by atoms with Crippen LogP contribution in [0.25, 0.3) is 11.2 Å². The topological polar surface area (TPSA) is 121 Å². The summed E-state index contributed by atoms with van der Waals surface area (Å²) >= 11 is 0. The average Bonchev–Trinajstić information content (AvgIpc) is 3.16. The van der Waals surface area contributed by atoms with Gasteiger partial charge in [-0.1, -0.05) is 12.8 Å². The first-order valence-electron chi connectivity index (χ1n) is 10.7. The Bertz CT molecular complexity index is 1430. The predicted octanol–water partition coefficient (Wildman–Crippen LogP) is -0.0472. The number of imidazole rings is 1. The summed E-state index contributed by atoms with van der Waals surface area (Å²) in [7, 11) is 8.31. The van der Waals surface area contributed by atoms with E-state index in [0.717, 1.165) is 12.8 Å². The van der Waals surface area contributed by atoms with Crippen LogP contribution < -0.4 is 27.4 Å². The van der Waals surface area contributed by atoms with Crippen molar-refractivity contribution in [2.45, 2.75) is 38.8 Å². The molecule has 0 spiro atoms. The standard InChI is InChI=1S/C21H30N8O4/c1-22-16-14(24(2)3)18(30)28(20(32)26(16)5)11-9-7-8-10-12-29-19(31)15-17(23-13-25(15)4)27(6)21(29)33/h13H,1,7-12H2,2-6H3. The van der Waals surface area contributed by atoms with Gasteiger partial charge in [-0.3, -0.25) is 27.9 Å². The summed E-state index contributed by atoms with van der Waals surface area (Å²) in [6, 6.07) is 0. The van der Waals surface area contributed by atoms with Crippen LogP contribution >= 0.6 is 0 Å². The molecule has 3 aromatic heterocycles. The molecular formula is C21H30N8O4. The number of aryl methyl sites for hydroxylation is 2. The minimum absolute atomic E-state index is 0.240. The number of anilines is 1. The van der Waals surface area contributed by atoms with Crippen molar-refractivity contribution >= 4 is 29.4 Å². The Labute approximate surface area is 189 Å². The molecule has 0 bridgehead atoms. The van der Waals surface area contributed by atoms with E-state index in [4.69, 9.17) is 0 Å². The van der Waals surface area contributed by atoms with Gasteiger partial charge in [-0.05, 0) is 19.6 Å². The highest BCUT2D eigenvalue weighted by atomic mass is 16.2. The summed E-state index contributed by atoms with van der Waals surface area (Å²) < 4.78 is 6.75. The predicted molar refractivity (Wildman–Crippen MR) is 128 cm³/mol. The van der Waals surface area contributed by atoms with E-state index in [1.165, 1.54) is 24.6 Å². The summed E-state index contributed by atoms with van der Waals surface area (Å²) in [5.74, 6) is 0.240. The SMILES string of the molecule is C=Nc1c(N(C)C)c(=O)n(CCCCCCn2c(=O)c3c(ncn3C)n(C)c2=O)c(=O)n1C. The van der Waals surface area contributed by atoms with Crippen LogP contribution in [0.15, 0.2) is 30.5 Å². The highest BCUT2D eigenvalue weighted by Gasteiger charge is 2.18. The fraction of sp³-hybridized carbons (Fsp3) is 0.524. The maximum Gasteiger partial charge on any atom is 0.332 e. The highest BCUT2D eigenvalue weighted by molar-refractivity contribution is 5.69. The lowest BCUT2D eigenvalue weighted by molar-refractivity contribution is 0.500. The molecule has 12 nitrogen and oxygen atoms in total. The van der Waals surface area contributed by atoms with Crippen LogP contribution in [-0.2, 0) is 34.2 Å². The van der Waals surface area contributed by atoms with E-state index in [-0.39, 0.29) is 17.9 Å². The third-order valence-electron chi connectivity index (χ3n) is 5.81. The van der Waals surface area contributed by atoms with Gasteiger partial charge in [-0.2, -0.15) is 0 Å². The van der Waals surface area contributed by atoms with Crippen molar-refractivity contribution in [3.8, 4) is 0 Å². The molecule has 178 valence electrons. The average molecular weight is 459 g/mol. The van der Waals surface area contributed by atoms with Crippen LogP contribution in [0.5, 0.6) is 0 Å². The van der Waals surface area contributed by atoms with E-state index in [9.17, 15) is 19.2 Å². The first kappa shape index (κ1) is 24.0. The maximum atomic E-state index is 12.8. The van der Waals surface area contributed by atoms with Gasteiger partial charge in [0.25, 0.3) is 11.1 Å². The lowest BCUT2D eigenvalue weighted by Crippen LogP contribution is -2.41. The van der Waals surface area contributed by atoms with Gasteiger partial charge in [0.2, 0.25) is 0 Å². The first-order chi connectivity index (χ1) is 15.6. The molecule has 12 heteroatoms. The number of aromatic nitrogens is 6. The molecule has 0 N–H and O–H groups in total. The Balaban J connectivity index is 1.67. The van der Waals surface area contributed by atoms with Crippen LogP contribution in [0.3, 0.4) is 0 Å². The number of hydrogen-bond donors (Lipinski definition) is 0. The van der Waals surface area contributed by atoms with Crippen molar-refractivity contribution in [2.75, 3.05) is 19.0 Å². The van der Waals surface area contributed by atoms with Crippen molar-refractivity contribution in [1.82, 2.24) is 27.8 Å². The zero-order chi connectivity index (χ0) is 24.4. The van der Waals surface area contributed by atoms with Crippen LogP contribution in [0.2, 0.25) is 0 Å². The van der Waals surface area contributed by atoms with Gasteiger partial charge in [0.05, 0.1) is 6.33 Å². The molecule has 0 saturated heterocycles. The number of rotatable bonds is 9. The molecule has 3 heterocycles. The maximum absolute atomic E-state index is 12.8. The van der Waals surface area contributed by atoms with Crippen LogP contribution in [-0.4, -0.2) is 48.6 Å². The molecule has 0 unspecified atom stereocenters. The fourth-order valence-corrected chi connectivity index (χ4v) is 4.00. The van der Waals surface area contributed by atoms with Gasteiger partial charge < -0.3 is 9.47 Å². The van der Waals surface area contributed by atoms with E-state index in [1.54, 1.807) is 44.7 Å². The minimum atomic E-state index is -0.437. The second-order valence-corrected chi connectivity index (χ2v) is 8.26. The van der Waals surface area contributed by atoms with Crippen molar-refractivity contribution in [2.24, 2.45) is 26.1 Å². The van der Waals surface area contributed by atoms with Gasteiger partial charge >= 0.3 is 11.4 Å². The third-order valence-corrected chi connectivity index (χ3v) is 5.81. The van der Waals surface area contributed by atoms with Crippen molar-refractivity contribution in [3.05, 3.63) is 48.0 Å². The smallest absolute Gasteiger partial charge is 0.332 e. The Morgan fingerprint density at radius 2 is 1.42 bits per heavy atom. The number of hydrogen-bond acceptors (Lipinski definition) is 7. The number of aliphatic imine (C=N–C) groups is 1. The molecule has 3 rings (SSSR count). The zero-order valence-corrected chi connectivity index (χ0v) is 19.7. The first-order valence-corrected chi connectivity index (χ1v) is 10.7. The van der Waals surface area contributed by atoms with E-state index in [0.29, 0.717) is 36.2 Å². The Hall–Kier alpha value is -3.70. The Morgan fingerprint density at radius 3 is 1.97 bits per heavy atom. The van der Waals surface area contributed by atoms with E-state index < -0.39 is 16.9 Å². The number of unbranched alkanes of at least 4 members (excludes halogenated alkanes) is 3. The van der Waals surface area contributed by atoms with Gasteiger partial charge in [0.1, 0.15) is 5.69 Å². The summed E-state index contributed by atoms with van der Waals surface area (Å²) in [6.07, 6.45) is 4.21. The zero-order valence-electron chi connectivity index (χ0n) is 19.7. The molecule has 0 aliphatic heterocycles. The molecule has 0 atom stereocenters. The van der Waals surface area contributed by atoms with Crippen LogP contribution in [0.1, 0.15) is 25.7 Å². The molecule has 0 aromatic carbocycles. The second-order valence-electron chi connectivity index (χ2n) is 8.26. The molecule has 0 aliphatic carbocycles. The van der Waals surface area contributed by atoms with Gasteiger partial charge in [0.15, 0.2) is 17.0 Å². The molecule has 0 saturated carbocycles. The van der Waals surface area contributed by atoms with Crippen molar-refractivity contribution < 1.29 is 0 Å². The highest BCUT2D eigenvalue weighted by Crippen LogP contribution is 2.19. The van der Waals surface area contributed by atoms with Gasteiger partial charge in [0, 0.05) is 48.3 Å². The van der Waals surface area contributed by atoms with E-state index in [2.05, 4.69) is 16.7 Å². The Morgan fingerprint density at radius 1 is 0.879 bits per heavy atom. The quantitative estimate of drug-likeness (QED) is 0.327. The summed E-state index contributed by atoms with van der Waals surface area (Å²) in [4.78, 5) is 60.3. The largest absolute Gasteiger partial charge is 0.370 e. The van der Waals surface area contributed by atoms with Crippen molar-refractivity contribution in [3.63, 3.8) is 0 Å². The second kappa shape index (κ2) is 9.43. The lowest BCUT2D eigenvalue weighted by atomic mass is 10.2. The minimum Gasteiger partial charge on any atom is -0.370 e. The van der Waals surface area contributed by atoms with E-state index >= 15 is 0 Å². The summed E-state index contributed by atoms with van der Waals surface area (Å²) in [5.41, 5.74) is -0.513. The normalized spacial score (nSPS) is 11.3. The number of nitrogens with zero attached hydrogens (tertiary/aromatic N) is 8. The molecule has 33 heavy (non-hydrogen) atoms. The molecule has 0 fully saturated rings. The van der Waals surface area contributed by atoms with Gasteiger partial charge in [-0.25, -0.2) is 19.6 Å². The van der Waals surface area contributed by atoms with Crippen LogP contribution in [0.4, 0.5) is 11.5 Å². The Kier molecular flexibility index (Phi) is 6.84. The van der Waals surface area contributed by atoms with E-state index in [1.807, 2.05) is 0 Å². The lowest BCUT2D eigenvalue weighted by Gasteiger charge is -2.18. The van der Waals surface area contributed by atoms with Crippen LogP contribution in [0, 0.1) is 0 Å². The molecule has 0 amide bonds. The van der Waals surface area contributed by atoms with Crippen molar-refractivity contribution in [1.29, 1.82) is 0 Å². The monoisotopic (exact) mass is 458 g/mol. The third kappa shape index (κ3) is 4.20. The summed E-state index contributed by atoms with van der Waals surface area (Å²) in [5, 5.41) is 0. The van der Waals surface area contributed by atoms with Gasteiger partial charge in [-0.15, -0.1) is 0 Å².